The minimum absolute atomic E-state index is 0.226. The minimum atomic E-state index is 0.226. The average molecular weight is 266 g/mol. The van der Waals surface area contributed by atoms with Crippen LogP contribution in [0.1, 0.15) is 17.4 Å². The molecular formula is C16H18N4. The summed E-state index contributed by atoms with van der Waals surface area (Å²) in [6.45, 7) is 0. The molecule has 20 heavy (non-hydrogen) atoms. The van der Waals surface area contributed by atoms with Crippen LogP contribution < -0.4 is 5.32 Å². The predicted molar refractivity (Wildman–Crippen MR) is 80.5 cm³/mol. The van der Waals surface area contributed by atoms with E-state index >= 15 is 0 Å². The average Bonchev–Trinajstić information content (AvgIpc) is 2.89. The summed E-state index contributed by atoms with van der Waals surface area (Å²) in [7, 11) is 4.02. The van der Waals surface area contributed by atoms with Crippen LogP contribution in [0.4, 0.5) is 0 Å². The van der Waals surface area contributed by atoms with Gasteiger partial charge in [-0.15, -0.1) is 0 Å². The first kappa shape index (κ1) is 12.8. The van der Waals surface area contributed by atoms with Crippen molar-refractivity contribution in [1.82, 2.24) is 19.9 Å². The number of nitrogens with zero attached hydrogens (tertiary/aromatic N) is 3. The Morgan fingerprint density at radius 3 is 2.80 bits per heavy atom. The summed E-state index contributed by atoms with van der Waals surface area (Å²) < 4.78 is 2.06. The molecule has 0 fully saturated rings. The summed E-state index contributed by atoms with van der Waals surface area (Å²) in [4.78, 5) is 8.84. The van der Waals surface area contributed by atoms with Gasteiger partial charge in [-0.2, -0.15) is 0 Å². The lowest BCUT2D eigenvalue weighted by Crippen LogP contribution is -2.20. The Labute approximate surface area is 118 Å². The van der Waals surface area contributed by atoms with E-state index in [4.69, 9.17) is 0 Å². The molecule has 0 aliphatic rings. The van der Waals surface area contributed by atoms with E-state index in [9.17, 15) is 0 Å². The maximum atomic E-state index is 4.42. The maximum Gasteiger partial charge on any atom is 0.110 e. The minimum Gasteiger partial charge on any atom is -0.338 e. The standard InChI is InChI=1S/C16H18N4/c1-17-15(11-16-19-9-10-20(16)2)13-5-3-7-14-12(13)6-4-8-18-14/h3-10,15,17H,11H2,1-2H3. The zero-order valence-electron chi connectivity index (χ0n) is 11.7. The Balaban J connectivity index is 2.01. The molecule has 3 aromatic rings. The number of aromatic nitrogens is 3. The lowest BCUT2D eigenvalue weighted by molar-refractivity contribution is 0.567. The smallest absolute Gasteiger partial charge is 0.110 e. The van der Waals surface area contributed by atoms with Crippen LogP contribution in [0.5, 0.6) is 0 Å². The molecule has 1 atom stereocenters. The van der Waals surface area contributed by atoms with Gasteiger partial charge >= 0.3 is 0 Å². The van der Waals surface area contributed by atoms with Crippen molar-refractivity contribution in [2.24, 2.45) is 7.05 Å². The normalized spacial score (nSPS) is 12.7. The van der Waals surface area contributed by atoms with Crippen molar-refractivity contribution in [3.05, 3.63) is 60.3 Å². The van der Waals surface area contributed by atoms with Crippen molar-refractivity contribution in [3.8, 4) is 0 Å². The molecular weight excluding hydrogens is 248 g/mol. The highest BCUT2D eigenvalue weighted by molar-refractivity contribution is 5.82. The molecule has 3 rings (SSSR count). The summed E-state index contributed by atoms with van der Waals surface area (Å²) in [5.41, 5.74) is 2.30. The SMILES string of the molecule is CNC(Cc1nccn1C)c1cccc2ncccc12. The van der Waals surface area contributed by atoms with Crippen molar-refractivity contribution >= 4 is 10.9 Å². The molecule has 2 heterocycles. The van der Waals surface area contributed by atoms with Crippen LogP contribution in [0.25, 0.3) is 10.9 Å². The molecule has 0 saturated carbocycles. The van der Waals surface area contributed by atoms with Crippen LogP contribution in [-0.2, 0) is 13.5 Å². The molecule has 0 aliphatic heterocycles. The van der Waals surface area contributed by atoms with E-state index < -0.39 is 0 Å². The van der Waals surface area contributed by atoms with Gasteiger partial charge in [-0.3, -0.25) is 4.98 Å². The molecule has 4 nitrogen and oxygen atoms in total. The number of hydrogen-bond donors (Lipinski definition) is 1. The van der Waals surface area contributed by atoms with Gasteiger partial charge in [0, 0.05) is 43.5 Å². The van der Waals surface area contributed by atoms with Gasteiger partial charge in [0.2, 0.25) is 0 Å². The summed E-state index contributed by atoms with van der Waals surface area (Å²) in [5.74, 6) is 1.07. The molecule has 0 spiro atoms. The Morgan fingerprint density at radius 1 is 1.15 bits per heavy atom. The van der Waals surface area contributed by atoms with Gasteiger partial charge in [0.1, 0.15) is 5.82 Å². The quantitative estimate of drug-likeness (QED) is 0.789. The van der Waals surface area contributed by atoms with Crippen LogP contribution in [0.2, 0.25) is 0 Å². The van der Waals surface area contributed by atoms with Crippen molar-refractivity contribution in [2.45, 2.75) is 12.5 Å². The van der Waals surface area contributed by atoms with Crippen LogP contribution in [0.3, 0.4) is 0 Å². The monoisotopic (exact) mass is 266 g/mol. The first-order valence-corrected chi connectivity index (χ1v) is 6.76. The summed E-state index contributed by atoms with van der Waals surface area (Å²) in [6.07, 6.45) is 6.51. The van der Waals surface area contributed by atoms with Crippen LogP contribution in [-0.4, -0.2) is 21.6 Å². The largest absolute Gasteiger partial charge is 0.338 e. The third kappa shape index (κ3) is 2.30. The molecule has 1 unspecified atom stereocenters. The third-order valence-corrected chi connectivity index (χ3v) is 3.71. The fourth-order valence-corrected chi connectivity index (χ4v) is 2.57. The van der Waals surface area contributed by atoms with Gasteiger partial charge in [0.15, 0.2) is 0 Å². The van der Waals surface area contributed by atoms with E-state index in [1.807, 2.05) is 44.8 Å². The summed E-state index contributed by atoms with van der Waals surface area (Å²) in [5, 5.41) is 4.59. The fourth-order valence-electron chi connectivity index (χ4n) is 2.57. The van der Waals surface area contributed by atoms with Gasteiger partial charge in [-0.25, -0.2) is 4.98 Å². The molecule has 102 valence electrons. The highest BCUT2D eigenvalue weighted by atomic mass is 15.0. The van der Waals surface area contributed by atoms with E-state index in [0.29, 0.717) is 0 Å². The predicted octanol–water partition coefficient (Wildman–Crippen LogP) is 2.47. The highest BCUT2D eigenvalue weighted by Gasteiger charge is 2.15. The Morgan fingerprint density at radius 2 is 2.05 bits per heavy atom. The molecule has 0 radical (unpaired) electrons. The van der Waals surface area contributed by atoms with Crippen LogP contribution in [0, 0.1) is 0 Å². The lowest BCUT2D eigenvalue weighted by Gasteiger charge is -2.18. The fraction of sp³-hybridized carbons (Fsp3) is 0.250. The van der Waals surface area contributed by atoms with Crippen molar-refractivity contribution in [1.29, 1.82) is 0 Å². The number of hydrogen-bond acceptors (Lipinski definition) is 3. The van der Waals surface area contributed by atoms with Crippen LogP contribution in [0.15, 0.2) is 48.9 Å². The molecule has 1 N–H and O–H groups in total. The number of benzene rings is 1. The number of imidazole rings is 1. The topological polar surface area (TPSA) is 42.7 Å². The molecule has 0 bridgehead atoms. The number of rotatable bonds is 4. The van der Waals surface area contributed by atoms with E-state index in [0.717, 1.165) is 17.8 Å². The zero-order valence-corrected chi connectivity index (χ0v) is 11.7. The first-order valence-electron chi connectivity index (χ1n) is 6.76. The number of likely N-dealkylation sites (N-methyl/N-ethyl adjacent to an activating group) is 1. The van der Waals surface area contributed by atoms with Crippen LogP contribution >= 0.6 is 0 Å². The van der Waals surface area contributed by atoms with Gasteiger partial charge in [0.05, 0.1) is 5.52 Å². The zero-order chi connectivity index (χ0) is 13.9. The second-order valence-corrected chi connectivity index (χ2v) is 4.92. The van der Waals surface area contributed by atoms with Crippen molar-refractivity contribution in [3.63, 3.8) is 0 Å². The van der Waals surface area contributed by atoms with Gasteiger partial charge < -0.3 is 9.88 Å². The number of pyridine rings is 1. The lowest BCUT2D eigenvalue weighted by atomic mass is 9.98. The molecule has 0 amide bonds. The molecule has 0 aliphatic carbocycles. The Bertz CT molecular complexity index is 712. The molecule has 1 aromatic carbocycles. The van der Waals surface area contributed by atoms with E-state index in [-0.39, 0.29) is 6.04 Å². The van der Waals surface area contributed by atoms with E-state index in [1.54, 1.807) is 0 Å². The number of nitrogens with one attached hydrogen (secondary N) is 1. The van der Waals surface area contributed by atoms with Crippen molar-refractivity contribution < 1.29 is 0 Å². The molecule has 4 heteroatoms. The maximum absolute atomic E-state index is 4.42. The second kappa shape index (κ2) is 5.43. The molecule has 2 aromatic heterocycles. The third-order valence-electron chi connectivity index (χ3n) is 3.71. The van der Waals surface area contributed by atoms with Gasteiger partial charge in [-0.1, -0.05) is 18.2 Å². The van der Waals surface area contributed by atoms with Gasteiger partial charge in [-0.05, 0) is 24.7 Å². The second-order valence-electron chi connectivity index (χ2n) is 4.92. The van der Waals surface area contributed by atoms with Gasteiger partial charge in [0.25, 0.3) is 0 Å². The summed E-state index contributed by atoms with van der Waals surface area (Å²) >= 11 is 0. The van der Waals surface area contributed by atoms with Crippen molar-refractivity contribution in [2.75, 3.05) is 7.05 Å². The summed E-state index contributed by atoms with van der Waals surface area (Å²) in [6, 6.07) is 10.6. The van der Waals surface area contributed by atoms with E-state index in [1.165, 1.54) is 10.9 Å². The van der Waals surface area contributed by atoms with E-state index in [2.05, 4.69) is 38.1 Å². The number of fused-ring (bicyclic) bond motifs is 1. The Hall–Kier alpha value is -2.20. The molecule has 0 saturated heterocycles. The number of aryl methyl sites for hydroxylation is 1. The Kier molecular flexibility index (Phi) is 3.48. The highest BCUT2D eigenvalue weighted by Crippen LogP contribution is 2.25. The first-order chi connectivity index (χ1) is 9.79.